The summed E-state index contributed by atoms with van der Waals surface area (Å²) in [7, 11) is 0. The van der Waals surface area contributed by atoms with Crippen molar-refractivity contribution in [3.05, 3.63) is 88.7 Å². The number of carboxylic acid groups (broad SMARTS) is 1. The topological polar surface area (TPSA) is 66.8 Å². The molecule has 0 aliphatic carbocycles. The number of carboxylic acids is 1. The lowest BCUT2D eigenvalue weighted by molar-refractivity contribution is -0.153. The van der Waals surface area contributed by atoms with E-state index < -0.39 is 36.4 Å². The van der Waals surface area contributed by atoms with E-state index in [1.54, 1.807) is 4.90 Å². The number of halogens is 4. The number of amides is 1. The van der Waals surface area contributed by atoms with Crippen molar-refractivity contribution < 1.29 is 37.0 Å². The van der Waals surface area contributed by atoms with Gasteiger partial charge in [-0.15, -0.1) is 0 Å². The Morgan fingerprint density at radius 1 is 0.974 bits per heavy atom. The highest BCUT2D eigenvalue weighted by molar-refractivity contribution is 5.80. The largest absolute Gasteiger partial charge is 0.483 e. The van der Waals surface area contributed by atoms with Crippen LogP contribution in [0.2, 0.25) is 0 Å². The van der Waals surface area contributed by atoms with Crippen LogP contribution in [0.5, 0.6) is 5.75 Å². The molecule has 5 nitrogen and oxygen atoms in total. The Morgan fingerprint density at radius 2 is 1.67 bits per heavy atom. The van der Waals surface area contributed by atoms with Gasteiger partial charge in [-0.3, -0.25) is 9.59 Å². The summed E-state index contributed by atoms with van der Waals surface area (Å²) in [6.07, 6.45) is -4.54. The van der Waals surface area contributed by atoms with Gasteiger partial charge in [0.05, 0.1) is 6.42 Å². The number of nitrogens with zero attached hydrogens (tertiary/aromatic N) is 1. The van der Waals surface area contributed by atoms with Gasteiger partial charge in [0.15, 0.2) is 6.61 Å². The molecule has 0 saturated carbocycles. The third-order valence-corrected chi connectivity index (χ3v) is 6.94. The summed E-state index contributed by atoms with van der Waals surface area (Å²) in [6, 6.07) is 16.6. The first-order valence-corrected chi connectivity index (χ1v) is 12.5. The van der Waals surface area contributed by atoms with E-state index in [1.165, 1.54) is 30.3 Å². The van der Waals surface area contributed by atoms with E-state index in [-0.39, 0.29) is 42.2 Å². The molecule has 39 heavy (non-hydrogen) atoms. The van der Waals surface area contributed by atoms with E-state index in [0.29, 0.717) is 23.2 Å². The Morgan fingerprint density at radius 3 is 2.33 bits per heavy atom. The second kappa shape index (κ2) is 11.1. The van der Waals surface area contributed by atoms with Gasteiger partial charge in [-0.1, -0.05) is 62.4 Å². The number of alkyl halides is 3. The van der Waals surface area contributed by atoms with Gasteiger partial charge in [-0.05, 0) is 51.8 Å². The van der Waals surface area contributed by atoms with Gasteiger partial charge in [0, 0.05) is 25.1 Å². The fraction of sp³-hybridized carbons (Fsp3) is 0.333. The van der Waals surface area contributed by atoms with Crippen molar-refractivity contribution >= 4 is 11.9 Å². The van der Waals surface area contributed by atoms with Crippen LogP contribution < -0.4 is 4.74 Å². The zero-order valence-electron chi connectivity index (χ0n) is 21.6. The van der Waals surface area contributed by atoms with Crippen LogP contribution in [0, 0.1) is 5.82 Å². The van der Waals surface area contributed by atoms with Crippen molar-refractivity contribution in [3.8, 4) is 16.9 Å². The van der Waals surface area contributed by atoms with Crippen LogP contribution in [0.3, 0.4) is 0 Å². The highest BCUT2D eigenvalue weighted by atomic mass is 19.4. The Kier molecular flexibility index (Phi) is 7.99. The lowest BCUT2D eigenvalue weighted by atomic mass is 9.81. The van der Waals surface area contributed by atoms with E-state index in [9.17, 15) is 27.2 Å². The third kappa shape index (κ3) is 6.77. The molecule has 206 valence electrons. The molecule has 0 aromatic heterocycles. The number of hydrogen-bond acceptors (Lipinski definition) is 3. The summed E-state index contributed by atoms with van der Waals surface area (Å²) in [5, 5.41) is 9.13. The molecular weight excluding hydrogens is 514 g/mol. The second-order valence-electron chi connectivity index (χ2n) is 10.3. The summed E-state index contributed by atoms with van der Waals surface area (Å²) >= 11 is 0. The van der Waals surface area contributed by atoms with Crippen molar-refractivity contribution in [2.45, 2.75) is 51.2 Å². The molecule has 0 fully saturated rings. The highest BCUT2D eigenvalue weighted by Gasteiger charge is 2.32. The van der Waals surface area contributed by atoms with Gasteiger partial charge in [-0.2, -0.15) is 13.2 Å². The minimum Gasteiger partial charge on any atom is -0.483 e. The number of carbonyl (C=O) groups is 2. The predicted molar refractivity (Wildman–Crippen MR) is 138 cm³/mol. The first kappa shape index (κ1) is 28.1. The average molecular weight is 544 g/mol. The van der Waals surface area contributed by atoms with E-state index in [2.05, 4.69) is 0 Å². The summed E-state index contributed by atoms with van der Waals surface area (Å²) in [5.74, 6) is -1.87. The Bertz CT molecular complexity index is 1370. The monoisotopic (exact) mass is 543 g/mol. The third-order valence-electron chi connectivity index (χ3n) is 6.94. The van der Waals surface area contributed by atoms with Gasteiger partial charge < -0.3 is 14.7 Å². The van der Waals surface area contributed by atoms with Crippen molar-refractivity contribution in [2.75, 3.05) is 13.2 Å². The van der Waals surface area contributed by atoms with Crippen LogP contribution in [0.15, 0.2) is 60.7 Å². The van der Waals surface area contributed by atoms with E-state index >= 15 is 0 Å². The maximum Gasteiger partial charge on any atom is 0.422 e. The molecule has 1 N–H and O–H groups in total. The lowest BCUT2D eigenvalue weighted by Crippen LogP contribution is -2.39. The molecule has 1 aliphatic heterocycles. The number of carbonyl (C=O) groups excluding carboxylic acids is 1. The number of benzene rings is 3. The Balaban J connectivity index is 1.68. The maximum atomic E-state index is 14.9. The van der Waals surface area contributed by atoms with Gasteiger partial charge >= 0.3 is 12.1 Å². The summed E-state index contributed by atoms with van der Waals surface area (Å²) in [6.45, 7) is 2.78. The zero-order valence-corrected chi connectivity index (χ0v) is 21.6. The fourth-order valence-corrected chi connectivity index (χ4v) is 4.93. The Labute approximate surface area is 224 Å². The SMILES string of the molecule is CC(C)(CC(=O)N1CCc2c(F)ccc(-c3ccc(CC(=O)O)cc3OCC(F)(F)F)c2C1)c1ccccc1. The summed E-state index contributed by atoms with van der Waals surface area (Å²) in [4.78, 5) is 26.2. The lowest BCUT2D eigenvalue weighted by Gasteiger charge is -2.34. The molecule has 0 unspecified atom stereocenters. The predicted octanol–water partition coefficient (Wildman–Crippen LogP) is 6.31. The second-order valence-corrected chi connectivity index (χ2v) is 10.3. The number of aliphatic carboxylic acids is 1. The molecule has 1 amide bonds. The highest BCUT2D eigenvalue weighted by Crippen LogP contribution is 2.39. The normalized spacial score (nSPS) is 13.6. The van der Waals surface area contributed by atoms with Crippen molar-refractivity contribution in [1.82, 2.24) is 4.90 Å². The number of rotatable bonds is 8. The first-order valence-electron chi connectivity index (χ1n) is 12.5. The molecule has 0 radical (unpaired) electrons. The minimum atomic E-state index is -4.61. The minimum absolute atomic E-state index is 0.0850. The van der Waals surface area contributed by atoms with Crippen LogP contribution in [0.4, 0.5) is 17.6 Å². The smallest absolute Gasteiger partial charge is 0.422 e. The maximum absolute atomic E-state index is 14.9. The molecular formula is C30H29F4NO4. The number of ether oxygens (including phenoxy) is 1. The fourth-order valence-electron chi connectivity index (χ4n) is 4.93. The average Bonchev–Trinajstić information content (AvgIpc) is 2.87. The van der Waals surface area contributed by atoms with Gasteiger partial charge in [0.1, 0.15) is 11.6 Å². The van der Waals surface area contributed by atoms with Crippen LogP contribution in [0.1, 0.15) is 42.5 Å². The molecule has 4 rings (SSSR count). The standard InChI is InChI=1S/C30H29F4NO4/c1-29(2,20-6-4-3-5-7-20)16-27(36)35-13-12-22-24(17-35)21(10-11-25(22)31)23-9-8-19(15-28(37)38)14-26(23)39-18-30(32,33)34/h3-11,14H,12-13,15-18H2,1-2H3,(H,37,38). The summed E-state index contributed by atoms with van der Waals surface area (Å²) < 4.78 is 58.9. The van der Waals surface area contributed by atoms with E-state index in [1.807, 2.05) is 44.2 Å². The molecule has 0 saturated heterocycles. The molecule has 0 atom stereocenters. The quantitative estimate of drug-likeness (QED) is 0.338. The van der Waals surface area contributed by atoms with Crippen molar-refractivity contribution in [3.63, 3.8) is 0 Å². The number of fused-ring (bicyclic) bond motifs is 1. The molecule has 9 heteroatoms. The van der Waals surface area contributed by atoms with E-state index in [4.69, 9.17) is 9.84 Å². The molecule has 3 aromatic carbocycles. The first-order chi connectivity index (χ1) is 18.3. The van der Waals surface area contributed by atoms with Crippen LogP contribution >= 0.6 is 0 Å². The molecule has 1 heterocycles. The van der Waals surface area contributed by atoms with Crippen molar-refractivity contribution in [1.29, 1.82) is 0 Å². The van der Waals surface area contributed by atoms with Crippen molar-refractivity contribution in [2.24, 2.45) is 0 Å². The molecule has 3 aromatic rings. The number of hydrogen-bond donors (Lipinski definition) is 1. The summed E-state index contributed by atoms with van der Waals surface area (Å²) in [5.41, 5.74) is 2.43. The van der Waals surface area contributed by atoms with E-state index in [0.717, 1.165) is 5.56 Å². The van der Waals surface area contributed by atoms with Gasteiger partial charge in [0.25, 0.3) is 0 Å². The molecule has 0 spiro atoms. The molecule has 1 aliphatic rings. The van der Waals surface area contributed by atoms with Crippen LogP contribution in [0.25, 0.3) is 11.1 Å². The van der Waals surface area contributed by atoms with Crippen LogP contribution in [-0.2, 0) is 34.4 Å². The van der Waals surface area contributed by atoms with Gasteiger partial charge in [0.2, 0.25) is 5.91 Å². The zero-order chi connectivity index (χ0) is 28.4. The molecule has 0 bridgehead atoms. The van der Waals surface area contributed by atoms with Gasteiger partial charge in [-0.25, -0.2) is 4.39 Å². The Hall–Kier alpha value is -3.88. The van der Waals surface area contributed by atoms with Crippen LogP contribution in [-0.4, -0.2) is 41.2 Å².